The van der Waals surface area contributed by atoms with Crippen LogP contribution in [-0.2, 0) is 4.74 Å². The maximum atomic E-state index is 5.61. The summed E-state index contributed by atoms with van der Waals surface area (Å²) in [6, 6.07) is 0. The molecule has 0 N–H and O–H groups in total. The van der Waals surface area contributed by atoms with E-state index >= 15 is 0 Å². The van der Waals surface area contributed by atoms with Gasteiger partial charge in [-0.05, 0) is 31.6 Å². The quantitative estimate of drug-likeness (QED) is 0.419. The van der Waals surface area contributed by atoms with E-state index in [9.17, 15) is 0 Å². The zero-order valence-corrected chi connectivity index (χ0v) is 10.2. The van der Waals surface area contributed by atoms with Crippen molar-refractivity contribution >= 4 is 15.9 Å². The third kappa shape index (κ3) is 5.02. The van der Waals surface area contributed by atoms with Gasteiger partial charge in [0, 0.05) is 18.0 Å². The minimum atomic E-state index is 0.741. The summed E-state index contributed by atoms with van der Waals surface area (Å²) in [4.78, 5) is 0.741. The van der Waals surface area contributed by atoms with Gasteiger partial charge >= 0.3 is 0 Å². The lowest BCUT2D eigenvalue weighted by atomic mass is 10.0. The zero-order chi connectivity index (χ0) is 9.52. The van der Waals surface area contributed by atoms with Crippen LogP contribution in [0.1, 0.15) is 45.4 Å². The molecule has 0 aliphatic heterocycles. The van der Waals surface area contributed by atoms with Gasteiger partial charge in [-0.15, -0.1) is 0 Å². The van der Waals surface area contributed by atoms with Crippen LogP contribution in [0.15, 0.2) is 0 Å². The number of rotatable bonds is 4. The Balaban J connectivity index is 2.15. The van der Waals surface area contributed by atoms with Gasteiger partial charge in [0.05, 0.1) is 0 Å². The van der Waals surface area contributed by atoms with E-state index in [1.165, 1.54) is 32.1 Å². The summed E-state index contributed by atoms with van der Waals surface area (Å²) < 4.78 is 5.61. The van der Waals surface area contributed by atoms with E-state index < -0.39 is 0 Å². The number of halogens is 1. The molecule has 1 fully saturated rings. The largest absolute Gasteiger partial charge is 0.381 e. The second-order valence-corrected chi connectivity index (χ2v) is 5.35. The van der Waals surface area contributed by atoms with Gasteiger partial charge in [0.1, 0.15) is 0 Å². The molecule has 0 spiro atoms. The van der Waals surface area contributed by atoms with Crippen LogP contribution in [0.3, 0.4) is 0 Å². The summed E-state index contributed by atoms with van der Waals surface area (Å²) in [6.45, 7) is 4.08. The van der Waals surface area contributed by atoms with E-state index in [2.05, 4.69) is 22.9 Å². The van der Waals surface area contributed by atoms with Crippen molar-refractivity contribution < 1.29 is 4.74 Å². The Morgan fingerprint density at radius 3 is 2.85 bits per heavy atom. The summed E-state index contributed by atoms with van der Waals surface area (Å²) in [7, 11) is 0. The van der Waals surface area contributed by atoms with Gasteiger partial charge in [-0.2, -0.15) is 0 Å². The summed E-state index contributed by atoms with van der Waals surface area (Å²) in [5, 5.41) is 0. The predicted octanol–water partition coefficient (Wildman–Crippen LogP) is 3.76. The van der Waals surface area contributed by atoms with E-state index in [1.807, 2.05) is 0 Å². The zero-order valence-electron chi connectivity index (χ0n) is 8.60. The Morgan fingerprint density at radius 2 is 2.08 bits per heavy atom. The fourth-order valence-electron chi connectivity index (χ4n) is 1.94. The van der Waals surface area contributed by atoms with Crippen molar-refractivity contribution in [3.63, 3.8) is 0 Å². The lowest BCUT2D eigenvalue weighted by Gasteiger charge is -2.15. The van der Waals surface area contributed by atoms with Crippen molar-refractivity contribution in [3.8, 4) is 0 Å². The number of hydrogen-bond acceptors (Lipinski definition) is 1. The van der Waals surface area contributed by atoms with Crippen LogP contribution in [0.2, 0.25) is 0 Å². The third-order valence-electron chi connectivity index (χ3n) is 2.67. The topological polar surface area (TPSA) is 9.23 Å². The summed E-state index contributed by atoms with van der Waals surface area (Å²) in [5.41, 5.74) is 0. The van der Waals surface area contributed by atoms with Crippen molar-refractivity contribution in [3.05, 3.63) is 0 Å². The van der Waals surface area contributed by atoms with Crippen LogP contribution < -0.4 is 0 Å². The molecule has 0 aromatic carbocycles. The molecule has 78 valence electrons. The van der Waals surface area contributed by atoms with E-state index in [4.69, 9.17) is 4.74 Å². The molecule has 0 bridgehead atoms. The maximum absolute atomic E-state index is 5.61. The first-order valence-corrected chi connectivity index (χ1v) is 6.46. The van der Waals surface area contributed by atoms with Gasteiger partial charge in [0.2, 0.25) is 0 Å². The Kier molecular flexibility index (Phi) is 6.05. The Bertz CT molecular complexity index is 127. The molecule has 0 radical (unpaired) electrons. The molecular formula is C11H21BrO. The molecule has 0 saturated heterocycles. The first-order valence-electron chi connectivity index (χ1n) is 5.54. The number of hydrogen-bond donors (Lipinski definition) is 0. The third-order valence-corrected chi connectivity index (χ3v) is 3.50. The highest BCUT2D eigenvalue weighted by Crippen LogP contribution is 2.27. The number of alkyl halides is 1. The SMILES string of the molecule is CCCOCC1CCCCC(Br)C1. The summed E-state index contributed by atoms with van der Waals surface area (Å²) in [5.74, 6) is 0.804. The fraction of sp³-hybridized carbons (Fsp3) is 1.00. The summed E-state index contributed by atoms with van der Waals surface area (Å²) in [6.07, 6.45) is 7.95. The molecule has 0 aromatic heterocycles. The van der Waals surface area contributed by atoms with Gasteiger partial charge in [-0.25, -0.2) is 0 Å². The number of ether oxygens (including phenoxy) is 1. The van der Waals surface area contributed by atoms with Gasteiger partial charge < -0.3 is 4.74 Å². The molecule has 13 heavy (non-hydrogen) atoms. The van der Waals surface area contributed by atoms with Crippen LogP contribution in [0.4, 0.5) is 0 Å². The van der Waals surface area contributed by atoms with Gasteiger partial charge in [-0.1, -0.05) is 35.7 Å². The highest BCUT2D eigenvalue weighted by molar-refractivity contribution is 9.09. The van der Waals surface area contributed by atoms with E-state index in [0.29, 0.717) is 0 Å². The molecule has 0 aromatic rings. The Morgan fingerprint density at radius 1 is 1.31 bits per heavy atom. The average molecular weight is 249 g/mol. The normalized spacial score (nSPS) is 30.0. The molecule has 0 amide bonds. The van der Waals surface area contributed by atoms with E-state index in [0.717, 1.165) is 30.4 Å². The predicted molar refractivity (Wildman–Crippen MR) is 60.4 cm³/mol. The molecular weight excluding hydrogens is 228 g/mol. The van der Waals surface area contributed by atoms with Crippen LogP contribution in [0.25, 0.3) is 0 Å². The fourth-order valence-corrected chi connectivity index (χ4v) is 2.79. The maximum Gasteiger partial charge on any atom is 0.0494 e. The molecule has 2 unspecified atom stereocenters. The van der Waals surface area contributed by atoms with Gasteiger partial charge in [0.15, 0.2) is 0 Å². The second-order valence-electron chi connectivity index (χ2n) is 4.06. The van der Waals surface area contributed by atoms with E-state index in [-0.39, 0.29) is 0 Å². The van der Waals surface area contributed by atoms with Crippen molar-refractivity contribution in [1.82, 2.24) is 0 Å². The minimum Gasteiger partial charge on any atom is -0.381 e. The standard InChI is InChI=1S/C11H21BrO/c1-2-7-13-9-10-5-3-4-6-11(12)8-10/h10-11H,2-9H2,1H3. The van der Waals surface area contributed by atoms with Gasteiger partial charge in [-0.3, -0.25) is 0 Å². The highest BCUT2D eigenvalue weighted by atomic mass is 79.9. The molecule has 1 rings (SSSR count). The molecule has 1 saturated carbocycles. The smallest absolute Gasteiger partial charge is 0.0494 e. The lowest BCUT2D eigenvalue weighted by molar-refractivity contribution is 0.0949. The molecule has 2 heteroatoms. The van der Waals surface area contributed by atoms with Crippen molar-refractivity contribution in [2.75, 3.05) is 13.2 Å². The Labute approximate surface area is 90.4 Å². The van der Waals surface area contributed by atoms with Crippen molar-refractivity contribution in [2.45, 2.75) is 50.3 Å². The van der Waals surface area contributed by atoms with Crippen LogP contribution in [0, 0.1) is 5.92 Å². The summed E-state index contributed by atoms with van der Waals surface area (Å²) >= 11 is 3.73. The van der Waals surface area contributed by atoms with Crippen molar-refractivity contribution in [2.24, 2.45) is 5.92 Å². The van der Waals surface area contributed by atoms with Crippen molar-refractivity contribution in [1.29, 1.82) is 0 Å². The first kappa shape index (κ1) is 11.5. The molecule has 2 atom stereocenters. The molecule has 1 aliphatic carbocycles. The molecule has 0 heterocycles. The Hall–Kier alpha value is 0.440. The molecule has 1 aliphatic rings. The lowest BCUT2D eigenvalue weighted by Crippen LogP contribution is -2.12. The minimum absolute atomic E-state index is 0.741. The second kappa shape index (κ2) is 6.83. The van der Waals surface area contributed by atoms with Crippen LogP contribution >= 0.6 is 15.9 Å². The highest BCUT2D eigenvalue weighted by Gasteiger charge is 2.17. The van der Waals surface area contributed by atoms with Crippen LogP contribution in [0.5, 0.6) is 0 Å². The monoisotopic (exact) mass is 248 g/mol. The average Bonchev–Trinajstić information content (AvgIpc) is 2.31. The molecule has 1 nitrogen and oxygen atoms in total. The van der Waals surface area contributed by atoms with E-state index in [1.54, 1.807) is 0 Å². The van der Waals surface area contributed by atoms with Crippen LogP contribution in [-0.4, -0.2) is 18.0 Å². The first-order chi connectivity index (χ1) is 6.33. The van der Waals surface area contributed by atoms with Gasteiger partial charge in [0.25, 0.3) is 0 Å².